The third-order valence-corrected chi connectivity index (χ3v) is 4.82. The standard InChI is InChI=1S/C19H25O5/c1-12-9-10-14(21-12)15-16(20-11-13-7-5-4-6-8-13)17-18(22-15)24-19(2,3)23-17/h4-8,12,14-18H,1,9-11H2,2-3H3/t12-,14+,15-,16+,17-,18-/m1/s1. The van der Waals surface area contributed by atoms with E-state index in [1.54, 1.807) is 0 Å². The fourth-order valence-electron chi connectivity index (χ4n) is 3.73. The van der Waals surface area contributed by atoms with Crippen molar-refractivity contribution in [2.45, 2.75) is 75.9 Å². The van der Waals surface area contributed by atoms with Crippen molar-refractivity contribution in [2.24, 2.45) is 0 Å². The molecule has 0 spiro atoms. The SMILES string of the molecule is [CH2][C@@H]1CC[C@@H]([C@H]2O[C@@H]3OC(C)(C)O[C@@H]3[C@H]2OCc2ccccc2)O1. The zero-order chi connectivity index (χ0) is 16.7. The summed E-state index contributed by atoms with van der Waals surface area (Å²) in [6.45, 7) is 8.30. The largest absolute Gasteiger partial charge is 0.372 e. The lowest BCUT2D eigenvalue weighted by atomic mass is 10.0. The van der Waals surface area contributed by atoms with Crippen molar-refractivity contribution >= 4 is 0 Å². The van der Waals surface area contributed by atoms with Gasteiger partial charge in [0.2, 0.25) is 0 Å². The summed E-state index contributed by atoms with van der Waals surface area (Å²) in [5.41, 5.74) is 1.13. The fraction of sp³-hybridized carbons (Fsp3) is 0.632. The third-order valence-electron chi connectivity index (χ3n) is 4.82. The molecule has 5 nitrogen and oxygen atoms in total. The van der Waals surface area contributed by atoms with Crippen LogP contribution in [-0.4, -0.2) is 42.6 Å². The molecule has 0 unspecified atom stereocenters. The van der Waals surface area contributed by atoms with E-state index in [0.717, 1.165) is 18.4 Å². The van der Waals surface area contributed by atoms with Crippen LogP contribution in [0.4, 0.5) is 0 Å². The number of ether oxygens (including phenoxy) is 5. The van der Waals surface area contributed by atoms with Crippen LogP contribution in [0.15, 0.2) is 30.3 Å². The maximum absolute atomic E-state index is 6.23. The molecular formula is C19H25O5. The number of hydrogen-bond acceptors (Lipinski definition) is 5. The average molecular weight is 333 g/mol. The highest BCUT2D eigenvalue weighted by molar-refractivity contribution is 5.13. The molecule has 3 fully saturated rings. The molecule has 5 heteroatoms. The summed E-state index contributed by atoms with van der Waals surface area (Å²) >= 11 is 0. The van der Waals surface area contributed by atoms with Gasteiger partial charge in [-0.2, -0.15) is 0 Å². The summed E-state index contributed by atoms with van der Waals surface area (Å²) in [5.74, 6) is -0.653. The number of fused-ring (bicyclic) bond motifs is 1. The Morgan fingerprint density at radius 1 is 1.08 bits per heavy atom. The second-order valence-corrected chi connectivity index (χ2v) is 7.20. The van der Waals surface area contributed by atoms with Gasteiger partial charge in [-0.1, -0.05) is 30.3 Å². The lowest BCUT2D eigenvalue weighted by Crippen LogP contribution is -2.42. The van der Waals surface area contributed by atoms with Gasteiger partial charge in [-0.25, -0.2) is 0 Å². The molecule has 1 aromatic carbocycles. The van der Waals surface area contributed by atoms with Gasteiger partial charge in [0.1, 0.15) is 18.3 Å². The monoisotopic (exact) mass is 333 g/mol. The van der Waals surface area contributed by atoms with Gasteiger partial charge in [0.25, 0.3) is 0 Å². The van der Waals surface area contributed by atoms with E-state index in [1.807, 2.05) is 32.0 Å². The molecule has 0 aromatic heterocycles. The zero-order valence-corrected chi connectivity index (χ0v) is 14.2. The maximum atomic E-state index is 6.23. The minimum absolute atomic E-state index is 0.0193. The summed E-state index contributed by atoms with van der Waals surface area (Å²) < 4.78 is 30.2. The Kier molecular flexibility index (Phi) is 4.39. The van der Waals surface area contributed by atoms with Crippen LogP contribution in [0.1, 0.15) is 32.3 Å². The maximum Gasteiger partial charge on any atom is 0.190 e. The lowest BCUT2D eigenvalue weighted by molar-refractivity contribution is -0.231. The van der Waals surface area contributed by atoms with Crippen LogP contribution < -0.4 is 0 Å². The first-order valence-corrected chi connectivity index (χ1v) is 8.67. The fourth-order valence-corrected chi connectivity index (χ4v) is 3.73. The van der Waals surface area contributed by atoms with Crippen LogP contribution in [-0.2, 0) is 30.3 Å². The molecule has 24 heavy (non-hydrogen) atoms. The van der Waals surface area contributed by atoms with Crippen molar-refractivity contribution in [3.8, 4) is 0 Å². The highest BCUT2D eigenvalue weighted by Gasteiger charge is 2.57. The van der Waals surface area contributed by atoms with Crippen LogP contribution in [0, 0.1) is 6.92 Å². The summed E-state index contributed by atoms with van der Waals surface area (Å²) in [6.07, 6.45) is 0.824. The molecule has 4 rings (SSSR count). The molecule has 0 amide bonds. The Balaban J connectivity index is 1.49. The third kappa shape index (κ3) is 3.24. The molecular weight excluding hydrogens is 308 g/mol. The smallest absolute Gasteiger partial charge is 0.190 e. The molecule has 3 aliphatic rings. The van der Waals surface area contributed by atoms with Gasteiger partial charge in [-0.15, -0.1) is 0 Å². The second-order valence-electron chi connectivity index (χ2n) is 7.20. The number of rotatable bonds is 4. The van der Waals surface area contributed by atoms with E-state index in [-0.39, 0.29) is 30.5 Å². The van der Waals surface area contributed by atoms with E-state index in [1.165, 1.54) is 0 Å². The Morgan fingerprint density at radius 2 is 1.88 bits per heavy atom. The molecule has 3 aliphatic heterocycles. The van der Waals surface area contributed by atoms with Gasteiger partial charge < -0.3 is 23.7 Å². The zero-order valence-electron chi connectivity index (χ0n) is 14.2. The summed E-state index contributed by atoms with van der Waals surface area (Å²) in [5, 5.41) is 0. The van der Waals surface area contributed by atoms with E-state index in [4.69, 9.17) is 23.7 Å². The van der Waals surface area contributed by atoms with Crippen LogP contribution in [0.2, 0.25) is 0 Å². The highest BCUT2D eigenvalue weighted by atomic mass is 16.8. The van der Waals surface area contributed by atoms with Crippen LogP contribution >= 0.6 is 0 Å². The lowest BCUT2D eigenvalue weighted by Gasteiger charge is -2.29. The molecule has 3 heterocycles. The number of benzene rings is 1. The highest BCUT2D eigenvalue weighted by Crippen LogP contribution is 2.42. The second kappa shape index (κ2) is 6.39. The molecule has 0 N–H and O–H groups in total. The van der Waals surface area contributed by atoms with Crippen LogP contribution in [0.3, 0.4) is 0 Å². The molecule has 0 saturated carbocycles. The van der Waals surface area contributed by atoms with E-state index in [9.17, 15) is 0 Å². The minimum atomic E-state index is -0.653. The van der Waals surface area contributed by atoms with Crippen LogP contribution in [0.25, 0.3) is 0 Å². The van der Waals surface area contributed by atoms with Crippen molar-refractivity contribution in [3.05, 3.63) is 42.8 Å². The van der Waals surface area contributed by atoms with Gasteiger partial charge in [0.15, 0.2) is 12.1 Å². The summed E-state index contributed by atoms with van der Waals surface area (Å²) in [7, 11) is 0. The summed E-state index contributed by atoms with van der Waals surface area (Å²) in [4.78, 5) is 0. The molecule has 1 radical (unpaired) electrons. The Morgan fingerprint density at radius 3 is 2.58 bits per heavy atom. The molecule has 0 aliphatic carbocycles. The minimum Gasteiger partial charge on any atom is -0.372 e. The Bertz CT molecular complexity index is 560. The van der Waals surface area contributed by atoms with Gasteiger partial charge in [0.05, 0.1) is 18.8 Å². The van der Waals surface area contributed by atoms with Gasteiger partial charge in [-0.05, 0) is 39.2 Å². The predicted octanol–water partition coefficient (Wildman–Crippen LogP) is 2.83. The van der Waals surface area contributed by atoms with Crippen LogP contribution in [0.5, 0.6) is 0 Å². The topological polar surface area (TPSA) is 46.2 Å². The molecule has 0 bridgehead atoms. The molecule has 1 aromatic rings. The average Bonchev–Trinajstić information content (AvgIpc) is 3.18. The Hall–Kier alpha value is -0.980. The van der Waals surface area contributed by atoms with Crippen molar-refractivity contribution in [1.82, 2.24) is 0 Å². The predicted molar refractivity (Wildman–Crippen MR) is 87.0 cm³/mol. The quantitative estimate of drug-likeness (QED) is 0.848. The van der Waals surface area contributed by atoms with Crippen molar-refractivity contribution in [2.75, 3.05) is 0 Å². The van der Waals surface area contributed by atoms with Gasteiger partial charge in [0, 0.05) is 0 Å². The normalized spacial score (nSPS) is 40.8. The van der Waals surface area contributed by atoms with Gasteiger partial charge >= 0.3 is 0 Å². The van der Waals surface area contributed by atoms with E-state index < -0.39 is 12.1 Å². The van der Waals surface area contributed by atoms with E-state index in [2.05, 4.69) is 19.1 Å². The van der Waals surface area contributed by atoms with E-state index in [0.29, 0.717) is 6.61 Å². The van der Waals surface area contributed by atoms with Gasteiger partial charge in [-0.3, -0.25) is 0 Å². The Labute approximate surface area is 143 Å². The van der Waals surface area contributed by atoms with Crippen molar-refractivity contribution < 1.29 is 23.7 Å². The number of hydrogen-bond donors (Lipinski definition) is 0. The van der Waals surface area contributed by atoms with E-state index >= 15 is 0 Å². The molecule has 131 valence electrons. The molecule has 6 atom stereocenters. The first kappa shape index (κ1) is 16.5. The van der Waals surface area contributed by atoms with Crippen molar-refractivity contribution in [3.63, 3.8) is 0 Å². The first-order chi connectivity index (χ1) is 11.5. The van der Waals surface area contributed by atoms with Crippen molar-refractivity contribution in [1.29, 1.82) is 0 Å². The summed E-state index contributed by atoms with van der Waals surface area (Å²) in [6, 6.07) is 10.1. The molecule has 3 saturated heterocycles. The first-order valence-electron chi connectivity index (χ1n) is 8.67.